The lowest BCUT2D eigenvalue weighted by molar-refractivity contribution is -0.122. The van der Waals surface area contributed by atoms with Crippen LogP contribution in [0.1, 0.15) is 26.7 Å². The van der Waals surface area contributed by atoms with E-state index in [1.165, 1.54) is 10.9 Å². The SMILES string of the molecule is CCCC(C)NC(=O)Cn1cc(S(=O)(=O)Cl)cn1. The zero-order valence-electron chi connectivity index (χ0n) is 10.3. The molecule has 0 saturated carbocycles. The molecule has 1 unspecified atom stereocenters. The van der Waals surface area contributed by atoms with Crippen molar-refractivity contribution < 1.29 is 13.2 Å². The highest BCUT2D eigenvalue weighted by molar-refractivity contribution is 8.13. The third-order valence-corrected chi connectivity index (χ3v) is 3.63. The first kappa shape index (κ1) is 15.0. The Kier molecular flexibility index (Phi) is 5.15. The number of amides is 1. The molecule has 1 aromatic heterocycles. The quantitative estimate of drug-likeness (QED) is 0.797. The summed E-state index contributed by atoms with van der Waals surface area (Å²) in [6, 6.07) is 0.0919. The Balaban J connectivity index is 2.58. The van der Waals surface area contributed by atoms with Crippen molar-refractivity contribution in [2.24, 2.45) is 0 Å². The number of carbonyl (C=O) groups excluding carboxylic acids is 1. The van der Waals surface area contributed by atoms with Crippen molar-refractivity contribution in [2.45, 2.75) is 44.2 Å². The van der Waals surface area contributed by atoms with Crippen molar-refractivity contribution in [3.05, 3.63) is 12.4 Å². The van der Waals surface area contributed by atoms with E-state index in [9.17, 15) is 13.2 Å². The normalized spacial score (nSPS) is 13.3. The topological polar surface area (TPSA) is 81.1 Å². The maximum atomic E-state index is 11.6. The maximum Gasteiger partial charge on any atom is 0.264 e. The van der Waals surface area contributed by atoms with Gasteiger partial charge in [-0.25, -0.2) is 8.42 Å². The zero-order valence-corrected chi connectivity index (χ0v) is 11.8. The van der Waals surface area contributed by atoms with Crippen LogP contribution in [0.4, 0.5) is 0 Å². The van der Waals surface area contributed by atoms with Crippen LogP contribution < -0.4 is 5.32 Å². The zero-order chi connectivity index (χ0) is 13.8. The molecule has 8 heteroatoms. The number of hydrogen-bond donors (Lipinski definition) is 1. The molecule has 1 heterocycles. The molecule has 0 aliphatic carbocycles. The van der Waals surface area contributed by atoms with Gasteiger partial charge in [-0.3, -0.25) is 9.48 Å². The molecule has 1 amide bonds. The van der Waals surface area contributed by atoms with Crippen molar-refractivity contribution in [3.63, 3.8) is 0 Å². The smallest absolute Gasteiger partial charge is 0.264 e. The summed E-state index contributed by atoms with van der Waals surface area (Å²) in [5.41, 5.74) is 0. The van der Waals surface area contributed by atoms with Crippen molar-refractivity contribution >= 4 is 25.6 Å². The van der Waals surface area contributed by atoms with E-state index >= 15 is 0 Å². The van der Waals surface area contributed by atoms with E-state index in [2.05, 4.69) is 10.4 Å². The average molecular weight is 294 g/mol. The number of halogens is 1. The fraction of sp³-hybridized carbons (Fsp3) is 0.600. The predicted molar refractivity (Wildman–Crippen MR) is 67.8 cm³/mol. The van der Waals surface area contributed by atoms with Crippen LogP contribution in [0, 0.1) is 0 Å². The fourth-order valence-electron chi connectivity index (χ4n) is 1.53. The molecule has 0 saturated heterocycles. The van der Waals surface area contributed by atoms with Gasteiger partial charge in [0.05, 0.1) is 6.20 Å². The molecule has 1 N–H and O–H groups in total. The first-order chi connectivity index (χ1) is 8.32. The summed E-state index contributed by atoms with van der Waals surface area (Å²) in [5, 5.41) is 6.56. The lowest BCUT2D eigenvalue weighted by Crippen LogP contribution is -2.35. The number of carbonyl (C=O) groups is 1. The molecule has 0 radical (unpaired) electrons. The lowest BCUT2D eigenvalue weighted by Gasteiger charge is -2.12. The molecule has 0 bridgehead atoms. The highest BCUT2D eigenvalue weighted by atomic mass is 35.7. The van der Waals surface area contributed by atoms with Crippen molar-refractivity contribution in [1.82, 2.24) is 15.1 Å². The second kappa shape index (κ2) is 6.19. The minimum atomic E-state index is -3.79. The molecule has 0 fully saturated rings. The Hall–Kier alpha value is -1.08. The van der Waals surface area contributed by atoms with Gasteiger partial charge in [0.1, 0.15) is 11.4 Å². The minimum absolute atomic E-state index is 0.0273. The number of nitrogens with one attached hydrogen (secondary N) is 1. The first-order valence-electron chi connectivity index (χ1n) is 5.59. The molecular weight excluding hydrogens is 278 g/mol. The van der Waals surface area contributed by atoms with Crippen LogP contribution >= 0.6 is 10.7 Å². The van der Waals surface area contributed by atoms with Gasteiger partial charge >= 0.3 is 0 Å². The molecule has 18 heavy (non-hydrogen) atoms. The summed E-state index contributed by atoms with van der Waals surface area (Å²) in [7, 11) is 1.36. The summed E-state index contributed by atoms with van der Waals surface area (Å²) in [6.45, 7) is 3.92. The van der Waals surface area contributed by atoms with Crippen LogP contribution in [0.25, 0.3) is 0 Å². The Morgan fingerprint density at radius 2 is 2.28 bits per heavy atom. The standard InChI is InChI=1S/C10H16ClN3O3S/c1-3-4-8(2)13-10(15)7-14-6-9(5-12-14)18(11,16)17/h5-6,8H,3-4,7H2,1-2H3,(H,13,15). The van der Waals surface area contributed by atoms with E-state index in [0.29, 0.717) is 0 Å². The van der Waals surface area contributed by atoms with Crippen LogP contribution in [0.15, 0.2) is 17.3 Å². The van der Waals surface area contributed by atoms with Crippen molar-refractivity contribution in [2.75, 3.05) is 0 Å². The summed E-state index contributed by atoms with van der Waals surface area (Å²) < 4.78 is 23.3. The first-order valence-corrected chi connectivity index (χ1v) is 7.90. The molecule has 0 spiro atoms. The molecule has 1 atom stereocenters. The molecule has 0 aromatic carbocycles. The third-order valence-electron chi connectivity index (χ3n) is 2.33. The van der Waals surface area contributed by atoms with Crippen LogP contribution in [0.3, 0.4) is 0 Å². The van der Waals surface area contributed by atoms with Crippen LogP contribution in [0.5, 0.6) is 0 Å². The minimum Gasteiger partial charge on any atom is -0.352 e. The summed E-state index contributed by atoms with van der Waals surface area (Å²) in [4.78, 5) is 11.5. The number of nitrogens with zero attached hydrogens (tertiary/aromatic N) is 2. The van der Waals surface area contributed by atoms with Gasteiger partial charge in [-0.1, -0.05) is 13.3 Å². The van der Waals surface area contributed by atoms with Gasteiger partial charge in [0.2, 0.25) is 5.91 Å². The molecule has 0 aliphatic rings. The Labute approximate surface area is 111 Å². The highest BCUT2D eigenvalue weighted by Crippen LogP contribution is 2.12. The van der Waals surface area contributed by atoms with Gasteiger partial charge in [-0.15, -0.1) is 0 Å². The van der Waals surface area contributed by atoms with Gasteiger partial charge in [0.25, 0.3) is 9.05 Å². The van der Waals surface area contributed by atoms with Gasteiger partial charge in [0.15, 0.2) is 0 Å². The van der Waals surface area contributed by atoms with E-state index in [4.69, 9.17) is 10.7 Å². The second-order valence-corrected chi connectivity index (χ2v) is 6.63. The summed E-state index contributed by atoms with van der Waals surface area (Å²) in [5.74, 6) is -0.211. The molecular formula is C10H16ClN3O3S. The van der Waals surface area contributed by atoms with Crippen LogP contribution in [-0.2, 0) is 20.4 Å². The van der Waals surface area contributed by atoms with Crippen molar-refractivity contribution in [3.8, 4) is 0 Å². The second-order valence-electron chi connectivity index (χ2n) is 4.07. The highest BCUT2D eigenvalue weighted by Gasteiger charge is 2.14. The molecule has 1 rings (SSSR count). The summed E-state index contributed by atoms with van der Waals surface area (Å²) >= 11 is 0. The van der Waals surface area contributed by atoms with Gasteiger partial charge in [0, 0.05) is 22.9 Å². The largest absolute Gasteiger partial charge is 0.352 e. The van der Waals surface area contributed by atoms with Gasteiger partial charge < -0.3 is 5.32 Å². The van der Waals surface area contributed by atoms with Crippen molar-refractivity contribution in [1.29, 1.82) is 0 Å². The van der Waals surface area contributed by atoms with E-state index in [1.54, 1.807) is 0 Å². The Morgan fingerprint density at radius 3 is 2.78 bits per heavy atom. The number of rotatable bonds is 6. The Morgan fingerprint density at radius 1 is 1.61 bits per heavy atom. The number of hydrogen-bond acceptors (Lipinski definition) is 4. The van der Waals surface area contributed by atoms with E-state index < -0.39 is 9.05 Å². The molecule has 1 aromatic rings. The van der Waals surface area contributed by atoms with Crippen LogP contribution in [0.2, 0.25) is 0 Å². The van der Waals surface area contributed by atoms with Gasteiger partial charge in [-0.2, -0.15) is 5.10 Å². The van der Waals surface area contributed by atoms with E-state index in [0.717, 1.165) is 19.0 Å². The monoisotopic (exact) mass is 293 g/mol. The third kappa shape index (κ3) is 4.66. The maximum absolute atomic E-state index is 11.6. The molecule has 102 valence electrons. The lowest BCUT2D eigenvalue weighted by atomic mass is 10.2. The summed E-state index contributed by atoms with van der Waals surface area (Å²) in [6.07, 6.45) is 4.22. The van der Waals surface area contributed by atoms with E-state index in [-0.39, 0.29) is 23.4 Å². The Bertz CT molecular complexity index is 512. The number of aromatic nitrogens is 2. The van der Waals surface area contributed by atoms with E-state index in [1.807, 2.05) is 13.8 Å². The predicted octanol–water partition coefficient (Wildman–Crippen LogP) is 1.12. The molecule has 6 nitrogen and oxygen atoms in total. The molecule has 0 aliphatic heterocycles. The fourth-order valence-corrected chi connectivity index (χ4v) is 2.19. The van der Waals surface area contributed by atoms with Crippen LogP contribution in [-0.4, -0.2) is 30.1 Å². The van der Waals surface area contributed by atoms with Gasteiger partial charge in [-0.05, 0) is 13.3 Å². The average Bonchev–Trinajstić information content (AvgIpc) is 2.65.